The summed E-state index contributed by atoms with van der Waals surface area (Å²) in [4.78, 5) is -0.574. The maximum absolute atomic E-state index is 10.4. The van der Waals surface area contributed by atoms with E-state index in [1.807, 2.05) is 6.08 Å². The molecule has 1 saturated heterocycles. The van der Waals surface area contributed by atoms with Crippen LogP contribution in [0.4, 0.5) is 0 Å². The summed E-state index contributed by atoms with van der Waals surface area (Å²) < 4.78 is 0.0263. The molecule has 0 bridgehead atoms. The van der Waals surface area contributed by atoms with Gasteiger partial charge in [-0.25, -0.2) is 0 Å². The molecular formula is C16H26OS. The van der Waals surface area contributed by atoms with Gasteiger partial charge in [0.05, 0.1) is 4.75 Å². The molecule has 1 heterocycles. The average Bonchev–Trinajstić information content (AvgIpc) is 2.95. The smallest absolute Gasteiger partial charge is 0.148 e. The summed E-state index contributed by atoms with van der Waals surface area (Å²) >= 11 is 1.73. The average molecular weight is 266 g/mol. The van der Waals surface area contributed by atoms with E-state index in [2.05, 4.69) is 26.0 Å². The van der Waals surface area contributed by atoms with Crippen molar-refractivity contribution >= 4 is 11.8 Å². The summed E-state index contributed by atoms with van der Waals surface area (Å²) in [7, 11) is 0. The molecule has 0 saturated carbocycles. The third-order valence-corrected chi connectivity index (χ3v) is 5.67. The summed E-state index contributed by atoms with van der Waals surface area (Å²) in [6.07, 6.45) is 16.5. The summed E-state index contributed by atoms with van der Waals surface area (Å²) in [5, 5.41) is 10.4. The zero-order valence-corrected chi connectivity index (χ0v) is 12.6. The van der Waals surface area contributed by atoms with Crippen LogP contribution >= 0.6 is 11.8 Å². The number of thioether (sulfide) groups is 1. The molecule has 1 fully saturated rings. The van der Waals surface area contributed by atoms with Gasteiger partial charge >= 0.3 is 0 Å². The number of unbranched alkanes of at least 4 members (excludes halogenated alkanes) is 4. The van der Waals surface area contributed by atoms with Gasteiger partial charge in [0.2, 0.25) is 0 Å². The van der Waals surface area contributed by atoms with Gasteiger partial charge in [0.1, 0.15) is 4.93 Å². The Labute approximate surface area is 116 Å². The van der Waals surface area contributed by atoms with Crippen molar-refractivity contribution in [3.63, 3.8) is 0 Å². The molecule has 0 radical (unpaired) electrons. The summed E-state index contributed by atoms with van der Waals surface area (Å²) in [5.74, 6) is 0. The van der Waals surface area contributed by atoms with Gasteiger partial charge in [-0.2, -0.15) is 0 Å². The molecule has 1 N–H and O–H groups in total. The normalized spacial score (nSPS) is 33.2. The molecule has 18 heavy (non-hydrogen) atoms. The van der Waals surface area contributed by atoms with Gasteiger partial charge in [-0.1, -0.05) is 63.7 Å². The van der Waals surface area contributed by atoms with Crippen molar-refractivity contribution in [1.29, 1.82) is 0 Å². The third kappa shape index (κ3) is 2.85. The Morgan fingerprint density at radius 2 is 1.83 bits per heavy atom. The van der Waals surface area contributed by atoms with E-state index in [4.69, 9.17) is 0 Å². The summed E-state index contributed by atoms with van der Waals surface area (Å²) in [5.41, 5.74) is 1.44. The summed E-state index contributed by atoms with van der Waals surface area (Å²) in [6, 6.07) is 0. The fourth-order valence-corrected chi connectivity index (χ4v) is 4.13. The van der Waals surface area contributed by atoms with Crippen molar-refractivity contribution in [3.8, 4) is 0 Å². The lowest BCUT2D eigenvalue weighted by Crippen LogP contribution is -2.24. The molecule has 0 aromatic carbocycles. The van der Waals surface area contributed by atoms with Crippen LogP contribution in [0.2, 0.25) is 0 Å². The van der Waals surface area contributed by atoms with Crippen molar-refractivity contribution in [3.05, 3.63) is 23.8 Å². The van der Waals surface area contributed by atoms with Gasteiger partial charge in [-0.05, 0) is 25.3 Å². The molecule has 0 spiro atoms. The predicted molar refractivity (Wildman–Crippen MR) is 80.8 cm³/mol. The molecule has 0 aromatic rings. The number of hydrogen-bond acceptors (Lipinski definition) is 2. The zero-order chi connectivity index (χ0) is 13.1. The van der Waals surface area contributed by atoms with Crippen LogP contribution in [0.15, 0.2) is 23.8 Å². The van der Waals surface area contributed by atoms with Crippen LogP contribution in [-0.4, -0.2) is 14.8 Å². The van der Waals surface area contributed by atoms with Gasteiger partial charge in [0.15, 0.2) is 0 Å². The SMILES string of the molecule is CCCCCC1=CC2(CCCCC)SC2(O)C=C1. The van der Waals surface area contributed by atoms with Crippen LogP contribution in [0.25, 0.3) is 0 Å². The lowest BCUT2D eigenvalue weighted by molar-refractivity contribution is 0.193. The molecule has 0 amide bonds. The first-order valence-corrected chi connectivity index (χ1v) is 8.31. The van der Waals surface area contributed by atoms with E-state index >= 15 is 0 Å². The van der Waals surface area contributed by atoms with Crippen LogP contribution in [0, 0.1) is 0 Å². The molecule has 1 aliphatic heterocycles. The van der Waals surface area contributed by atoms with Gasteiger partial charge in [0.25, 0.3) is 0 Å². The van der Waals surface area contributed by atoms with E-state index in [0.29, 0.717) is 0 Å². The van der Waals surface area contributed by atoms with Crippen molar-refractivity contribution in [2.24, 2.45) is 0 Å². The number of allylic oxidation sites excluding steroid dienone is 2. The van der Waals surface area contributed by atoms with Crippen LogP contribution in [0.5, 0.6) is 0 Å². The lowest BCUT2D eigenvalue weighted by atomic mass is 9.87. The van der Waals surface area contributed by atoms with Crippen molar-refractivity contribution in [2.45, 2.75) is 74.9 Å². The van der Waals surface area contributed by atoms with Crippen molar-refractivity contribution in [2.75, 3.05) is 0 Å². The topological polar surface area (TPSA) is 20.2 Å². The van der Waals surface area contributed by atoms with E-state index < -0.39 is 4.93 Å². The van der Waals surface area contributed by atoms with Gasteiger partial charge in [-0.3, -0.25) is 0 Å². The van der Waals surface area contributed by atoms with Crippen LogP contribution in [0.1, 0.15) is 65.2 Å². The van der Waals surface area contributed by atoms with E-state index in [-0.39, 0.29) is 4.75 Å². The van der Waals surface area contributed by atoms with Crippen molar-refractivity contribution in [1.82, 2.24) is 0 Å². The first kappa shape index (κ1) is 14.2. The second-order valence-corrected chi connectivity index (χ2v) is 7.21. The van der Waals surface area contributed by atoms with Crippen LogP contribution in [0.3, 0.4) is 0 Å². The minimum Gasteiger partial charge on any atom is -0.374 e. The van der Waals surface area contributed by atoms with Crippen LogP contribution < -0.4 is 0 Å². The van der Waals surface area contributed by atoms with E-state index in [1.54, 1.807) is 11.8 Å². The Hall–Kier alpha value is -0.210. The van der Waals surface area contributed by atoms with Gasteiger partial charge < -0.3 is 5.11 Å². The first-order chi connectivity index (χ1) is 8.66. The fourth-order valence-electron chi connectivity index (χ4n) is 2.80. The van der Waals surface area contributed by atoms with E-state index in [1.165, 1.54) is 50.5 Å². The first-order valence-electron chi connectivity index (χ1n) is 7.49. The monoisotopic (exact) mass is 266 g/mol. The standard InChI is InChI=1S/C16H26OS/c1-3-5-7-9-14-10-12-16(17)15(13-14,18-16)11-8-6-4-2/h10,12-13,17H,3-9,11H2,1-2H3. The molecule has 2 rings (SSSR count). The minimum absolute atomic E-state index is 0.0263. The van der Waals surface area contributed by atoms with E-state index in [0.717, 1.165) is 6.42 Å². The zero-order valence-electron chi connectivity index (χ0n) is 11.7. The fraction of sp³-hybridized carbons (Fsp3) is 0.750. The van der Waals surface area contributed by atoms with Crippen molar-refractivity contribution < 1.29 is 5.11 Å². The maximum Gasteiger partial charge on any atom is 0.148 e. The molecule has 2 atom stereocenters. The summed E-state index contributed by atoms with van der Waals surface area (Å²) in [6.45, 7) is 4.48. The maximum atomic E-state index is 10.4. The lowest BCUT2D eigenvalue weighted by Gasteiger charge is -2.19. The second kappa shape index (κ2) is 5.83. The molecular weight excluding hydrogens is 240 g/mol. The Bertz CT molecular complexity index is 347. The quantitative estimate of drug-likeness (QED) is 0.502. The molecule has 2 aliphatic rings. The number of fused-ring (bicyclic) bond motifs is 1. The Balaban J connectivity index is 1.92. The number of rotatable bonds is 8. The number of hydrogen-bond donors (Lipinski definition) is 1. The molecule has 2 unspecified atom stereocenters. The largest absolute Gasteiger partial charge is 0.374 e. The highest BCUT2D eigenvalue weighted by Crippen LogP contribution is 2.68. The molecule has 0 aromatic heterocycles. The second-order valence-electron chi connectivity index (χ2n) is 5.65. The Morgan fingerprint density at radius 1 is 1.11 bits per heavy atom. The molecule has 1 nitrogen and oxygen atoms in total. The van der Waals surface area contributed by atoms with Gasteiger partial charge in [0, 0.05) is 0 Å². The molecule has 102 valence electrons. The van der Waals surface area contributed by atoms with Gasteiger partial charge in [-0.15, -0.1) is 11.8 Å². The number of aliphatic hydroxyl groups is 1. The predicted octanol–water partition coefficient (Wildman–Crippen LogP) is 4.82. The Morgan fingerprint density at radius 3 is 2.56 bits per heavy atom. The third-order valence-electron chi connectivity index (χ3n) is 4.06. The van der Waals surface area contributed by atoms with Crippen LogP contribution in [-0.2, 0) is 0 Å². The highest BCUT2D eigenvalue weighted by atomic mass is 32.2. The molecule has 1 aliphatic carbocycles. The molecule has 2 heteroatoms. The highest BCUT2D eigenvalue weighted by Gasteiger charge is 2.66. The Kier molecular flexibility index (Phi) is 4.60. The highest BCUT2D eigenvalue weighted by molar-refractivity contribution is 8.09. The minimum atomic E-state index is -0.574. The van der Waals surface area contributed by atoms with E-state index in [9.17, 15) is 5.11 Å².